The molecule has 0 spiro atoms. The number of urea groups is 1. The summed E-state index contributed by atoms with van der Waals surface area (Å²) >= 11 is 11.7. The van der Waals surface area contributed by atoms with Crippen LogP contribution in [-0.2, 0) is 11.2 Å². The van der Waals surface area contributed by atoms with Gasteiger partial charge in [-0.15, -0.1) is 0 Å². The van der Waals surface area contributed by atoms with Crippen molar-refractivity contribution in [2.45, 2.75) is 6.42 Å². The Hall–Kier alpha value is -2.24. The van der Waals surface area contributed by atoms with Gasteiger partial charge in [0.2, 0.25) is 5.91 Å². The molecule has 0 saturated heterocycles. The molecule has 3 N–H and O–H groups in total. The number of hydrogen-bond acceptors (Lipinski definition) is 2. The number of carbonyl (C=O) groups is 2. The largest absolute Gasteiger partial charge is 0.326 e. The summed E-state index contributed by atoms with van der Waals surface area (Å²) in [7, 11) is 0. The minimum absolute atomic E-state index is 0.0487. The summed E-state index contributed by atoms with van der Waals surface area (Å²) in [4.78, 5) is 23.3. The fraction of sp³-hybridized carbons (Fsp3) is 0.0667. The Morgan fingerprint density at radius 3 is 2.41 bits per heavy atom. The molecular formula is C15H11Cl2N3O2. The fourth-order valence-corrected chi connectivity index (χ4v) is 2.47. The Bertz CT molecular complexity index is 777. The van der Waals surface area contributed by atoms with Crippen molar-refractivity contribution in [1.29, 1.82) is 0 Å². The van der Waals surface area contributed by atoms with Crippen LogP contribution >= 0.6 is 23.2 Å². The highest BCUT2D eigenvalue weighted by Crippen LogP contribution is 2.27. The predicted molar refractivity (Wildman–Crippen MR) is 87.9 cm³/mol. The van der Waals surface area contributed by atoms with Gasteiger partial charge in [-0.25, -0.2) is 4.79 Å². The maximum absolute atomic E-state index is 12.0. The first kappa shape index (κ1) is 14.7. The maximum atomic E-state index is 12.0. The molecule has 0 fully saturated rings. The second-order valence-corrected chi connectivity index (χ2v) is 5.62. The van der Waals surface area contributed by atoms with Crippen molar-refractivity contribution in [3.63, 3.8) is 0 Å². The first-order chi connectivity index (χ1) is 10.5. The third-order valence-electron chi connectivity index (χ3n) is 3.17. The van der Waals surface area contributed by atoms with Crippen LogP contribution in [0.5, 0.6) is 0 Å². The number of benzene rings is 2. The van der Waals surface area contributed by atoms with E-state index in [0.29, 0.717) is 27.8 Å². The van der Waals surface area contributed by atoms with Crippen LogP contribution in [0.4, 0.5) is 21.9 Å². The van der Waals surface area contributed by atoms with Crippen molar-refractivity contribution in [3.05, 3.63) is 52.0 Å². The van der Waals surface area contributed by atoms with Crippen molar-refractivity contribution < 1.29 is 9.59 Å². The molecule has 5 nitrogen and oxygen atoms in total. The number of rotatable bonds is 2. The second kappa shape index (κ2) is 5.87. The molecule has 22 heavy (non-hydrogen) atoms. The smallest absolute Gasteiger partial charge is 0.323 e. The number of amides is 3. The summed E-state index contributed by atoms with van der Waals surface area (Å²) in [6, 6.07) is 9.66. The summed E-state index contributed by atoms with van der Waals surface area (Å²) in [5, 5.41) is 8.88. The van der Waals surface area contributed by atoms with Gasteiger partial charge >= 0.3 is 6.03 Å². The molecule has 0 saturated carbocycles. The van der Waals surface area contributed by atoms with E-state index in [1.807, 2.05) is 0 Å². The SMILES string of the molecule is O=C1Cc2cc(NC(=O)Nc3ccc(Cl)c(Cl)c3)ccc2N1. The van der Waals surface area contributed by atoms with Crippen molar-refractivity contribution in [2.24, 2.45) is 0 Å². The van der Waals surface area contributed by atoms with Crippen molar-refractivity contribution in [3.8, 4) is 0 Å². The molecule has 0 unspecified atom stereocenters. The lowest BCUT2D eigenvalue weighted by Crippen LogP contribution is -2.19. The van der Waals surface area contributed by atoms with Crippen LogP contribution in [0.1, 0.15) is 5.56 Å². The molecule has 2 aromatic carbocycles. The Kier molecular flexibility index (Phi) is 3.92. The highest BCUT2D eigenvalue weighted by molar-refractivity contribution is 6.42. The predicted octanol–water partition coefficient (Wildman–Crippen LogP) is 4.13. The Balaban J connectivity index is 1.68. The van der Waals surface area contributed by atoms with Crippen LogP contribution in [0.25, 0.3) is 0 Å². The van der Waals surface area contributed by atoms with E-state index in [-0.39, 0.29) is 5.91 Å². The molecule has 0 aromatic heterocycles. The van der Waals surface area contributed by atoms with E-state index in [9.17, 15) is 9.59 Å². The van der Waals surface area contributed by atoms with Crippen LogP contribution < -0.4 is 16.0 Å². The lowest BCUT2D eigenvalue weighted by Gasteiger charge is -2.09. The minimum atomic E-state index is -0.407. The van der Waals surface area contributed by atoms with E-state index in [0.717, 1.165) is 11.3 Å². The lowest BCUT2D eigenvalue weighted by atomic mass is 10.1. The Labute approximate surface area is 136 Å². The third kappa shape index (κ3) is 3.16. The van der Waals surface area contributed by atoms with Crippen molar-refractivity contribution in [2.75, 3.05) is 16.0 Å². The molecule has 0 aliphatic carbocycles. The molecule has 2 aromatic rings. The zero-order chi connectivity index (χ0) is 15.7. The number of carbonyl (C=O) groups excluding carboxylic acids is 2. The Morgan fingerprint density at radius 2 is 1.68 bits per heavy atom. The highest BCUT2D eigenvalue weighted by Gasteiger charge is 2.17. The van der Waals surface area contributed by atoms with Crippen LogP contribution in [0.15, 0.2) is 36.4 Å². The number of hydrogen-bond donors (Lipinski definition) is 3. The van der Waals surface area contributed by atoms with Crippen LogP contribution in [-0.4, -0.2) is 11.9 Å². The van der Waals surface area contributed by atoms with Crippen molar-refractivity contribution in [1.82, 2.24) is 0 Å². The molecule has 1 aliphatic heterocycles. The molecule has 1 heterocycles. The average molecular weight is 336 g/mol. The van der Waals surface area contributed by atoms with Gasteiger partial charge in [-0.05, 0) is 42.0 Å². The molecule has 0 bridgehead atoms. The summed E-state index contributed by atoms with van der Waals surface area (Å²) in [5.41, 5.74) is 2.77. The molecule has 7 heteroatoms. The van der Waals surface area contributed by atoms with Gasteiger partial charge in [0.25, 0.3) is 0 Å². The van der Waals surface area contributed by atoms with Crippen molar-refractivity contribution >= 4 is 52.2 Å². The quantitative estimate of drug-likeness (QED) is 0.772. The molecule has 0 atom stereocenters. The topological polar surface area (TPSA) is 70.2 Å². The van der Waals surface area contributed by atoms with Gasteiger partial charge in [-0.2, -0.15) is 0 Å². The van der Waals surface area contributed by atoms with Gasteiger partial charge in [0, 0.05) is 17.1 Å². The summed E-state index contributed by atoms with van der Waals surface area (Å²) in [6.07, 6.45) is 0.319. The van der Waals surface area contributed by atoms with Gasteiger partial charge in [-0.3, -0.25) is 4.79 Å². The molecule has 3 amide bonds. The fourth-order valence-electron chi connectivity index (χ4n) is 2.17. The summed E-state index contributed by atoms with van der Waals surface area (Å²) in [5.74, 6) is -0.0487. The lowest BCUT2D eigenvalue weighted by molar-refractivity contribution is -0.115. The average Bonchev–Trinajstić information content (AvgIpc) is 2.82. The zero-order valence-electron chi connectivity index (χ0n) is 11.2. The Morgan fingerprint density at radius 1 is 1.00 bits per heavy atom. The van der Waals surface area contributed by atoms with E-state index < -0.39 is 6.03 Å². The number of halogens is 2. The second-order valence-electron chi connectivity index (χ2n) is 4.80. The van der Waals surface area contributed by atoms with Gasteiger partial charge < -0.3 is 16.0 Å². The van der Waals surface area contributed by atoms with E-state index in [4.69, 9.17) is 23.2 Å². The van der Waals surface area contributed by atoms with Gasteiger partial charge in [0.1, 0.15) is 0 Å². The van der Waals surface area contributed by atoms with Gasteiger partial charge in [-0.1, -0.05) is 23.2 Å². The highest BCUT2D eigenvalue weighted by atomic mass is 35.5. The molecule has 0 radical (unpaired) electrons. The maximum Gasteiger partial charge on any atom is 0.323 e. The minimum Gasteiger partial charge on any atom is -0.326 e. The number of anilines is 3. The zero-order valence-corrected chi connectivity index (χ0v) is 12.8. The third-order valence-corrected chi connectivity index (χ3v) is 3.90. The summed E-state index contributed by atoms with van der Waals surface area (Å²) in [6.45, 7) is 0. The molecular weight excluding hydrogens is 325 g/mol. The van der Waals surface area contributed by atoms with Gasteiger partial charge in [0.05, 0.1) is 16.5 Å². The number of fused-ring (bicyclic) bond motifs is 1. The van der Waals surface area contributed by atoms with Crippen LogP contribution in [0, 0.1) is 0 Å². The molecule has 3 rings (SSSR count). The molecule has 1 aliphatic rings. The van der Waals surface area contributed by atoms with E-state index in [1.54, 1.807) is 36.4 Å². The van der Waals surface area contributed by atoms with Gasteiger partial charge in [0.15, 0.2) is 0 Å². The standard InChI is InChI=1S/C15H11Cl2N3O2/c16-11-3-1-10(7-12(11)17)19-15(22)18-9-2-4-13-8(5-9)6-14(21)20-13/h1-5,7H,6H2,(H,20,21)(H2,18,19,22). The monoisotopic (exact) mass is 335 g/mol. The first-order valence-corrected chi connectivity index (χ1v) is 7.23. The number of nitrogens with one attached hydrogen (secondary N) is 3. The van der Waals surface area contributed by atoms with E-state index in [1.165, 1.54) is 0 Å². The normalized spacial score (nSPS) is 12.5. The molecule has 112 valence electrons. The van der Waals surface area contributed by atoms with Crippen LogP contribution in [0.3, 0.4) is 0 Å². The van der Waals surface area contributed by atoms with E-state index >= 15 is 0 Å². The summed E-state index contributed by atoms with van der Waals surface area (Å²) < 4.78 is 0. The van der Waals surface area contributed by atoms with Crippen LogP contribution in [0.2, 0.25) is 10.0 Å². The first-order valence-electron chi connectivity index (χ1n) is 6.47. The van der Waals surface area contributed by atoms with E-state index in [2.05, 4.69) is 16.0 Å².